The molecule has 0 saturated carbocycles. The second kappa shape index (κ2) is 8.12. The first-order valence-corrected chi connectivity index (χ1v) is 8.96. The predicted octanol–water partition coefficient (Wildman–Crippen LogP) is 3.32. The van der Waals surface area contributed by atoms with Gasteiger partial charge >= 0.3 is 0 Å². The molecule has 0 aromatic heterocycles. The summed E-state index contributed by atoms with van der Waals surface area (Å²) >= 11 is 0. The minimum absolute atomic E-state index is 0.132. The Morgan fingerprint density at radius 3 is 2.44 bits per heavy atom. The molecule has 2 amide bonds. The smallest absolute Gasteiger partial charge is 0.251 e. The Balaban J connectivity index is 1.70. The molecule has 6 heteroatoms. The molecule has 1 unspecified atom stereocenters. The number of rotatable bonds is 6. The fourth-order valence-electron chi connectivity index (χ4n) is 3.25. The van der Waals surface area contributed by atoms with Crippen LogP contribution in [0.5, 0.6) is 11.5 Å². The number of nitrogens with one attached hydrogen (secondary N) is 1. The van der Waals surface area contributed by atoms with Crippen LogP contribution in [-0.2, 0) is 4.79 Å². The van der Waals surface area contributed by atoms with E-state index in [0.29, 0.717) is 23.5 Å². The number of ether oxygens (including phenoxy) is 2. The lowest BCUT2D eigenvalue weighted by molar-refractivity contribution is -0.117. The maximum Gasteiger partial charge on any atom is 0.251 e. The lowest BCUT2D eigenvalue weighted by Crippen LogP contribution is -2.27. The second-order valence-electron chi connectivity index (χ2n) is 6.50. The Labute approximate surface area is 159 Å². The zero-order valence-electron chi connectivity index (χ0n) is 15.8. The highest BCUT2D eigenvalue weighted by Crippen LogP contribution is 2.29. The van der Waals surface area contributed by atoms with Crippen molar-refractivity contribution in [1.82, 2.24) is 5.32 Å². The summed E-state index contributed by atoms with van der Waals surface area (Å²) in [5.41, 5.74) is 2.24. The maximum atomic E-state index is 12.6. The molecule has 1 atom stereocenters. The zero-order chi connectivity index (χ0) is 19.4. The lowest BCUT2D eigenvalue weighted by Gasteiger charge is -2.19. The van der Waals surface area contributed by atoms with Crippen molar-refractivity contribution in [3.05, 3.63) is 53.6 Å². The van der Waals surface area contributed by atoms with Crippen LogP contribution >= 0.6 is 0 Å². The summed E-state index contributed by atoms with van der Waals surface area (Å²) in [5.74, 6) is 1.30. The number of hydrogen-bond acceptors (Lipinski definition) is 4. The van der Waals surface area contributed by atoms with Gasteiger partial charge in [-0.25, -0.2) is 0 Å². The molecule has 6 nitrogen and oxygen atoms in total. The van der Waals surface area contributed by atoms with Crippen LogP contribution in [0.3, 0.4) is 0 Å². The summed E-state index contributed by atoms with van der Waals surface area (Å²) in [5, 5.41) is 2.98. The van der Waals surface area contributed by atoms with Gasteiger partial charge in [-0.1, -0.05) is 0 Å². The second-order valence-corrected chi connectivity index (χ2v) is 6.50. The lowest BCUT2D eigenvalue weighted by atomic mass is 10.1. The summed E-state index contributed by atoms with van der Waals surface area (Å²) in [4.78, 5) is 26.2. The van der Waals surface area contributed by atoms with Crippen LogP contribution in [-0.4, -0.2) is 32.6 Å². The van der Waals surface area contributed by atoms with Gasteiger partial charge in [-0.15, -0.1) is 0 Å². The van der Waals surface area contributed by atoms with E-state index in [1.54, 1.807) is 37.3 Å². The number of amides is 2. The number of methoxy groups -OCH3 is 2. The van der Waals surface area contributed by atoms with Crippen molar-refractivity contribution in [2.75, 3.05) is 25.7 Å². The zero-order valence-corrected chi connectivity index (χ0v) is 15.8. The monoisotopic (exact) mass is 368 g/mol. The van der Waals surface area contributed by atoms with Gasteiger partial charge in [0.2, 0.25) is 5.91 Å². The van der Waals surface area contributed by atoms with E-state index in [9.17, 15) is 9.59 Å². The van der Waals surface area contributed by atoms with Crippen LogP contribution in [0.25, 0.3) is 0 Å². The van der Waals surface area contributed by atoms with Crippen LogP contribution in [0.4, 0.5) is 5.69 Å². The summed E-state index contributed by atoms with van der Waals surface area (Å²) in [6.45, 7) is 2.64. The minimum atomic E-state index is -0.238. The highest BCUT2D eigenvalue weighted by Gasteiger charge is 2.22. The molecule has 1 aliphatic rings. The normalized spacial score (nSPS) is 14.8. The van der Waals surface area contributed by atoms with Crippen molar-refractivity contribution in [2.45, 2.75) is 25.8 Å². The van der Waals surface area contributed by atoms with Crippen molar-refractivity contribution >= 4 is 17.5 Å². The molecule has 1 saturated heterocycles. The quantitative estimate of drug-likeness (QED) is 0.849. The van der Waals surface area contributed by atoms with E-state index in [0.717, 1.165) is 24.2 Å². The fourth-order valence-corrected chi connectivity index (χ4v) is 3.25. The molecule has 1 fully saturated rings. The number of nitrogens with zero attached hydrogens (tertiary/aromatic N) is 1. The van der Waals surface area contributed by atoms with Gasteiger partial charge < -0.3 is 19.7 Å². The number of carbonyl (C=O) groups excluding carboxylic acids is 2. The molecule has 2 aromatic carbocycles. The largest absolute Gasteiger partial charge is 0.497 e. The molecule has 0 radical (unpaired) electrons. The fraction of sp³-hybridized carbons (Fsp3) is 0.333. The molecular formula is C21H24N2O4. The van der Waals surface area contributed by atoms with Crippen LogP contribution < -0.4 is 19.7 Å². The van der Waals surface area contributed by atoms with E-state index in [1.165, 1.54) is 0 Å². The molecule has 1 N–H and O–H groups in total. The molecule has 0 spiro atoms. The molecule has 142 valence electrons. The van der Waals surface area contributed by atoms with Crippen molar-refractivity contribution in [2.24, 2.45) is 0 Å². The number of carbonyl (C=O) groups is 2. The van der Waals surface area contributed by atoms with Gasteiger partial charge in [0.1, 0.15) is 11.5 Å². The van der Waals surface area contributed by atoms with Crippen LogP contribution in [0, 0.1) is 0 Å². The molecule has 3 rings (SSSR count). The van der Waals surface area contributed by atoms with Gasteiger partial charge in [-0.2, -0.15) is 0 Å². The average molecular weight is 368 g/mol. The summed E-state index contributed by atoms with van der Waals surface area (Å²) in [7, 11) is 3.18. The van der Waals surface area contributed by atoms with Crippen molar-refractivity contribution < 1.29 is 19.1 Å². The van der Waals surface area contributed by atoms with Gasteiger partial charge in [0.05, 0.1) is 20.3 Å². The highest BCUT2D eigenvalue weighted by molar-refractivity contribution is 5.97. The molecule has 1 heterocycles. The van der Waals surface area contributed by atoms with Crippen LogP contribution in [0.15, 0.2) is 42.5 Å². The topological polar surface area (TPSA) is 67.9 Å². The number of hydrogen-bond donors (Lipinski definition) is 1. The standard InChI is InChI=1S/C21H24N2O4/c1-14(18-11-10-17(26-2)13-19(18)27-3)22-21(25)15-6-8-16(9-7-15)23-12-4-5-20(23)24/h6-11,13-14H,4-5,12H2,1-3H3,(H,22,25). The molecular weight excluding hydrogens is 344 g/mol. The van der Waals surface area contributed by atoms with Crippen molar-refractivity contribution in [3.8, 4) is 11.5 Å². The first kappa shape index (κ1) is 18.8. The third-order valence-electron chi connectivity index (χ3n) is 4.77. The Bertz CT molecular complexity index is 833. The van der Waals surface area contributed by atoms with E-state index in [2.05, 4.69) is 5.32 Å². The Morgan fingerprint density at radius 2 is 1.85 bits per heavy atom. The highest BCUT2D eigenvalue weighted by atomic mass is 16.5. The van der Waals surface area contributed by atoms with E-state index in [-0.39, 0.29) is 17.9 Å². The van der Waals surface area contributed by atoms with Gasteiger partial charge in [0, 0.05) is 35.8 Å². The summed E-state index contributed by atoms with van der Waals surface area (Å²) < 4.78 is 10.6. The minimum Gasteiger partial charge on any atom is -0.497 e. The van der Waals surface area contributed by atoms with Crippen LogP contribution in [0.1, 0.15) is 41.7 Å². The molecule has 2 aromatic rings. The Hall–Kier alpha value is -3.02. The van der Waals surface area contributed by atoms with Gasteiger partial charge in [0.25, 0.3) is 5.91 Å². The predicted molar refractivity (Wildman–Crippen MR) is 103 cm³/mol. The summed E-state index contributed by atoms with van der Waals surface area (Å²) in [6.07, 6.45) is 1.46. The van der Waals surface area contributed by atoms with E-state index < -0.39 is 0 Å². The average Bonchev–Trinajstić information content (AvgIpc) is 3.13. The molecule has 0 bridgehead atoms. The summed E-state index contributed by atoms with van der Waals surface area (Å²) in [6, 6.07) is 12.4. The maximum absolute atomic E-state index is 12.6. The SMILES string of the molecule is COc1ccc(C(C)NC(=O)c2ccc(N3CCCC3=O)cc2)c(OC)c1. The van der Waals surface area contributed by atoms with Gasteiger partial charge in [-0.3, -0.25) is 9.59 Å². The molecule has 27 heavy (non-hydrogen) atoms. The third-order valence-corrected chi connectivity index (χ3v) is 4.77. The van der Waals surface area contributed by atoms with Gasteiger partial charge in [0.15, 0.2) is 0 Å². The Morgan fingerprint density at radius 1 is 1.11 bits per heavy atom. The first-order chi connectivity index (χ1) is 13.0. The third kappa shape index (κ3) is 4.05. The van der Waals surface area contributed by atoms with Crippen molar-refractivity contribution in [3.63, 3.8) is 0 Å². The van der Waals surface area contributed by atoms with E-state index in [4.69, 9.17) is 9.47 Å². The molecule has 0 aliphatic carbocycles. The van der Waals surface area contributed by atoms with Crippen molar-refractivity contribution in [1.29, 1.82) is 0 Å². The van der Waals surface area contributed by atoms with Crippen LogP contribution in [0.2, 0.25) is 0 Å². The van der Waals surface area contributed by atoms with E-state index in [1.807, 2.05) is 31.2 Å². The number of benzene rings is 2. The van der Waals surface area contributed by atoms with E-state index >= 15 is 0 Å². The van der Waals surface area contributed by atoms with Gasteiger partial charge in [-0.05, 0) is 49.7 Å². The first-order valence-electron chi connectivity index (χ1n) is 8.96. The number of anilines is 1. The molecule has 1 aliphatic heterocycles. The Kier molecular flexibility index (Phi) is 5.64.